The first-order chi connectivity index (χ1) is 11.7. The van der Waals surface area contributed by atoms with Gasteiger partial charge in [-0.3, -0.25) is 0 Å². The van der Waals surface area contributed by atoms with Crippen LogP contribution in [-0.4, -0.2) is 19.9 Å². The lowest BCUT2D eigenvalue weighted by molar-refractivity contribution is 0.348. The van der Waals surface area contributed by atoms with Crippen molar-refractivity contribution in [2.24, 2.45) is 5.73 Å². The van der Waals surface area contributed by atoms with E-state index in [0.717, 1.165) is 43.4 Å². The van der Waals surface area contributed by atoms with Crippen molar-refractivity contribution < 1.29 is 4.52 Å². The third-order valence-electron chi connectivity index (χ3n) is 4.69. The molecule has 1 aliphatic rings. The molecule has 0 saturated heterocycles. The molecule has 132 valence electrons. The van der Waals surface area contributed by atoms with Crippen LogP contribution in [0.25, 0.3) is 5.69 Å². The van der Waals surface area contributed by atoms with Gasteiger partial charge in [-0.1, -0.05) is 36.2 Å². The largest absolute Gasteiger partial charge is 0.339 e. The van der Waals surface area contributed by atoms with Crippen LogP contribution in [0.1, 0.15) is 43.0 Å². The molecule has 0 atom stereocenters. The second kappa shape index (κ2) is 7.37. The van der Waals surface area contributed by atoms with Crippen LogP contribution in [0.4, 0.5) is 0 Å². The fourth-order valence-corrected chi connectivity index (χ4v) is 3.25. The van der Waals surface area contributed by atoms with E-state index in [2.05, 4.69) is 15.2 Å². The zero-order chi connectivity index (χ0) is 16.4. The maximum absolute atomic E-state index is 6.37. The Morgan fingerprint density at radius 2 is 1.88 bits per heavy atom. The van der Waals surface area contributed by atoms with Gasteiger partial charge in [0.1, 0.15) is 0 Å². The fraction of sp³-hybridized carbons (Fsp3) is 0.389. The predicted octanol–water partition coefficient (Wildman–Crippen LogP) is 3.19. The van der Waals surface area contributed by atoms with Gasteiger partial charge in [0.25, 0.3) is 0 Å². The highest BCUT2D eigenvalue weighted by atomic mass is 35.5. The number of halogens is 1. The van der Waals surface area contributed by atoms with Crippen molar-refractivity contribution in [2.45, 2.75) is 44.1 Å². The first-order valence-corrected chi connectivity index (χ1v) is 8.44. The Balaban J connectivity index is 0.00000182. The van der Waals surface area contributed by atoms with E-state index in [4.69, 9.17) is 10.3 Å². The molecule has 2 heterocycles. The Hall–Kier alpha value is -2.18. The van der Waals surface area contributed by atoms with Gasteiger partial charge in [0.2, 0.25) is 5.89 Å². The van der Waals surface area contributed by atoms with E-state index in [-0.39, 0.29) is 17.9 Å². The molecule has 1 saturated carbocycles. The van der Waals surface area contributed by atoms with Crippen LogP contribution in [0, 0.1) is 0 Å². The molecule has 25 heavy (non-hydrogen) atoms. The molecule has 0 radical (unpaired) electrons. The zero-order valence-electron chi connectivity index (χ0n) is 14.0. The summed E-state index contributed by atoms with van der Waals surface area (Å²) in [5.74, 6) is 1.31. The van der Waals surface area contributed by atoms with Gasteiger partial charge in [-0.25, -0.2) is 4.68 Å². The SMILES string of the molecule is Cl.NC1(c2noc(CCc3cnn(-c4ccccc4)c3)n2)CCCC1. The Morgan fingerprint density at radius 1 is 1.12 bits per heavy atom. The topological polar surface area (TPSA) is 82.8 Å². The van der Waals surface area contributed by atoms with Gasteiger partial charge in [0.15, 0.2) is 5.82 Å². The third-order valence-corrected chi connectivity index (χ3v) is 4.69. The molecular weight excluding hydrogens is 338 g/mol. The molecule has 2 N–H and O–H groups in total. The minimum atomic E-state index is -0.389. The van der Waals surface area contributed by atoms with Crippen molar-refractivity contribution in [3.05, 3.63) is 60.0 Å². The summed E-state index contributed by atoms with van der Waals surface area (Å²) < 4.78 is 7.26. The number of para-hydroxylation sites is 1. The molecule has 7 heteroatoms. The smallest absolute Gasteiger partial charge is 0.227 e. The highest BCUT2D eigenvalue weighted by Crippen LogP contribution is 2.34. The van der Waals surface area contributed by atoms with E-state index in [1.165, 1.54) is 0 Å². The number of rotatable bonds is 5. The summed E-state index contributed by atoms with van der Waals surface area (Å²) in [5, 5.41) is 8.51. The molecule has 6 nitrogen and oxygen atoms in total. The van der Waals surface area contributed by atoms with E-state index >= 15 is 0 Å². The van der Waals surface area contributed by atoms with Crippen LogP contribution >= 0.6 is 12.4 Å². The number of hydrogen-bond acceptors (Lipinski definition) is 5. The molecule has 4 rings (SSSR count). The minimum Gasteiger partial charge on any atom is -0.339 e. The second-order valence-corrected chi connectivity index (χ2v) is 6.50. The number of benzene rings is 1. The van der Waals surface area contributed by atoms with Crippen LogP contribution in [0.2, 0.25) is 0 Å². The van der Waals surface area contributed by atoms with Crippen molar-refractivity contribution in [2.75, 3.05) is 0 Å². The number of nitrogens with two attached hydrogens (primary N) is 1. The van der Waals surface area contributed by atoms with Gasteiger partial charge < -0.3 is 10.3 Å². The molecule has 3 aromatic rings. The van der Waals surface area contributed by atoms with E-state index in [1.807, 2.05) is 47.4 Å². The first-order valence-electron chi connectivity index (χ1n) is 8.44. The zero-order valence-corrected chi connectivity index (χ0v) is 14.8. The Bertz CT molecular complexity index is 808. The summed E-state index contributed by atoms with van der Waals surface area (Å²) in [4.78, 5) is 4.51. The third kappa shape index (κ3) is 3.75. The monoisotopic (exact) mass is 359 g/mol. The maximum Gasteiger partial charge on any atom is 0.227 e. The maximum atomic E-state index is 6.37. The molecular formula is C18H22ClN5O. The summed E-state index contributed by atoms with van der Waals surface area (Å²) in [6.45, 7) is 0. The van der Waals surface area contributed by atoms with Gasteiger partial charge in [0.05, 0.1) is 17.4 Å². The Kier molecular flexibility index (Phi) is 5.20. The number of nitrogens with zero attached hydrogens (tertiary/aromatic N) is 4. The van der Waals surface area contributed by atoms with Gasteiger partial charge >= 0.3 is 0 Å². The lowest BCUT2D eigenvalue weighted by atomic mass is 9.99. The second-order valence-electron chi connectivity index (χ2n) is 6.50. The van der Waals surface area contributed by atoms with Crippen molar-refractivity contribution in [3.8, 4) is 5.69 Å². The summed E-state index contributed by atoms with van der Waals surface area (Å²) in [5.41, 5.74) is 8.17. The molecule has 0 aliphatic heterocycles. The summed E-state index contributed by atoms with van der Waals surface area (Å²) >= 11 is 0. The standard InChI is InChI=1S/C18H21N5O.ClH/c19-18(10-4-5-11-18)17-21-16(24-22-17)9-8-14-12-20-23(13-14)15-6-2-1-3-7-15;/h1-3,6-7,12-13H,4-5,8-11,19H2;1H. The van der Waals surface area contributed by atoms with Crippen molar-refractivity contribution in [1.82, 2.24) is 19.9 Å². The Morgan fingerprint density at radius 3 is 2.64 bits per heavy atom. The molecule has 1 aliphatic carbocycles. The highest BCUT2D eigenvalue weighted by Gasteiger charge is 2.35. The van der Waals surface area contributed by atoms with Crippen LogP contribution in [0.15, 0.2) is 47.2 Å². The molecule has 0 amide bonds. The lowest BCUT2D eigenvalue weighted by Gasteiger charge is -2.17. The van der Waals surface area contributed by atoms with Crippen LogP contribution < -0.4 is 5.73 Å². The van der Waals surface area contributed by atoms with Crippen molar-refractivity contribution in [1.29, 1.82) is 0 Å². The quantitative estimate of drug-likeness (QED) is 0.756. The minimum absolute atomic E-state index is 0. The Labute approximate surface area is 152 Å². The molecule has 0 bridgehead atoms. The summed E-state index contributed by atoms with van der Waals surface area (Å²) in [7, 11) is 0. The summed E-state index contributed by atoms with van der Waals surface area (Å²) in [6.07, 6.45) is 9.58. The summed E-state index contributed by atoms with van der Waals surface area (Å²) in [6, 6.07) is 10.1. The van der Waals surface area contributed by atoms with Crippen molar-refractivity contribution >= 4 is 12.4 Å². The number of hydrogen-bond donors (Lipinski definition) is 1. The molecule has 0 unspecified atom stereocenters. The normalized spacial score (nSPS) is 15.9. The predicted molar refractivity (Wildman–Crippen MR) is 96.9 cm³/mol. The first kappa shape index (κ1) is 17.6. The highest BCUT2D eigenvalue weighted by molar-refractivity contribution is 5.85. The van der Waals surface area contributed by atoms with Crippen LogP contribution in [0.5, 0.6) is 0 Å². The average Bonchev–Trinajstić information content (AvgIpc) is 3.35. The van der Waals surface area contributed by atoms with Gasteiger partial charge in [-0.05, 0) is 37.0 Å². The molecule has 1 aromatic carbocycles. The van der Waals surface area contributed by atoms with E-state index in [0.29, 0.717) is 18.1 Å². The van der Waals surface area contributed by atoms with Crippen molar-refractivity contribution in [3.63, 3.8) is 0 Å². The van der Waals surface area contributed by atoms with E-state index in [1.54, 1.807) is 0 Å². The lowest BCUT2D eigenvalue weighted by Crippen LogP contribution is -2.34. The van der Waals surface area contributed by atoms with Gasteiger partial charge in [-0.15, -0.1) is 12.4 Å². The molecule has 0 spiro atoms. The van der Waals surface area contributed by atoms with E-state index < -0.39 is 0 Å². The molecule has 1 fully saturated rings. The number of aryl methyl sites for hydroxylation is 2. The molecule has 2 aromatic heterocycles. The van der Waals surface area contributed by atoms with Gasteiger partial charge in [-0.2, -0.15) is 10.1 Å². The fourth-order valence-electron chi connectivity index (χ4n) is 3.25. The van der Waals surface area contributed by atoms with Crippen LogP contribution in [-0.2, 0) is 18.4 Å². The number of aromatic nitrogens is 4. The van der Waals surface area contributed by atoms with Gasteiger partial charge in [0, 0.05) is 12.6 Å². The average molecular weight is 360 g/mol. The van der Waals surface area contributed by atoms with Crippen LogP contribution in [0.3, 0.4) is 0 Å². The van der Waals surface area contributed by atoms with E-state index in [9.17, 15) is 0 Å².